The number of benzene rings is 1. The monoisotopic (exact) mass is 346 g/mol. The highest BCUT2D eigenvalue weighted by Gasteiger charge is 2.18. The Morgan fingerprint density at radius 2 is 2.00 bits per heavy atom. The number of nitro groups is 1. The van der Waals surface area contributed by atoms with E-state index in [1.165, 1.54) is 24.5 Å². The second-order valence-electron chi connectivity index (χ2n) is 5.39. The standard InChI is InChI=1S/C16H18N4O5/c1-19(2)14-6-5-11(20(23)24)8-13(14)16(22)18-10-15(21)17-9-12-4-3-7-25-12/h3-8H,9-10H2,1-2H3,(H,17,21)(H,18,22). The number of carbonyl (C=O) groups excluding carboxylic acids is 2. The molecule has 1 heterocycles. The first kappa shape index (κ1) is 18.0. The van der Waals surface area contributed by atoms with Gasteiger partial charge >= 0.3 is 0 Å². The summed E-state index contributed by atoms with van der Waals surface area (Å²) in [7, 11) is 3.43. The lowest BCUT2D eigenvalue weighted by molar-refractivity contribution is -0.384. The minimum Gasteiger partial charge on any atom is -0.467 e. The number of nitrogens with one attached hydrogen (secondary N) is 2. The van der Waals surface area contributed by atoms with Crippen LogP contribution >= 0.6 is 0 Å². The smallest absolute Gasteiger partial charge is 0.270 e. The van der Waals surface area contributed by atoms with E-state index in [-0.39, 0.29) is 24.3 Å². The van der Waals surface area contributed by atoms with Crippen molar-refractivity contribution in [2.75, 3.05) is 25.5 Å². The molecule has 0 aliphatic rings. The van der Waals surface area contributed by atoms with Crippen molar-refractivity contribution in [2.45, 2.75) is 6.54 Å². The molecule has 2 N–H and O–H groups in total. The Morgan fingerprint density at radius 3 is 2.60 bits per heavy atom. The molecule has 0 atom stereocenters. The lowest BCUT2D eigenvalue weighted by Gasteiger charge is -2.16. The van der Waals surface area contributed by atoms with E-state index in [2.05, 4.69) is 10.6 Å². The Labute approximate surface area is 143 Å². The number of nitrogens with zero attached hydrogens (tertiary/aromatic N) is 2. The van der Waals surface area contributed by atoms with E-state index >= 15 is 0 Å². The van der Waals surface area contributed by atoms with E-state index in [0.717, 1.165) is 0 Å². The Hall–Kier alpha value is -3.36. The number of hydrogen-bond acceptors (Lipinski definition) is 6. The third-order valence-electron chi connectivity index (χ3n) is 3.37. The van der Waals surface area contributed by atoms with Crippen molar-refractivity contribution in [2.24, 2.45) is 0 Å². The summed E-state index contributed by atoms with van der Waals surface area (Å²) in [6, 6.07) is 7.41. The maximum atomic E-state index is 12.3. The summed E-state index contributed by atoms with van der Waals surface area (Å²) in [4.78, 5) is 36.1. The molecule has 25 heavy (non-hydrogen) atoms. The molecule has 0 aliphatic carbocycles. The van der Waals surface area contributed by atoms with Crippen LogP contribution in [0, 0.1) is 10.1 Å². The van der Waals surface area contributed by atoms with E-state index in [1.54, 1.807) is 31.1 Å². The maximum Gasteiger partial charge on any atom is 0.270 e. The summed E-state index contributed by atoms with van der Waals surface area (Å²) in [5.74, 6) is -0.379. The molecule has 0 radical (unpaired) electrons. The second-order valence-corrected chi connectivity index (χ2v) is 5.39. The van der Waals surface area contributed by atoms with Crippen molar-refractivity contribution < 1.29 is 18.9 Å². The van der Waals surface area contributed by atoms with Gasteiger partial charge in [-0.3, -0.25) is 19.7 Å². The third-order valence-corrected chi connectivity index (χ3v) is 3.37. The molecule has 0 bridgehead atoms. The van der Waals surface area contributed by atoms with Crippen LogP contribution in [0.15, 0.2) is 41.0 Å². The molecular formula is C16H18N4O5. The fourth-order valence-corrected chi connectivity index (χ4v) is 2.13. The van der Waals surface area contributed by atoms with Crippen LogP contribution in [0.25, 0.3) is 0 Å². The van der Waals surface area contributed by atoms with Crippen molar-refractivity contribution in [1.29, 1.82) is 0 Å². The van der Waals surface area contributed by atoms with E-state index in [4.69, 9.17) is 4.42 Å². The van der Waals surface area contributed by atoms with Crippen LogP contribution in [-0.4, -0.2) is 37.4 Å². The van der Waals surface area contributed by atoms with E-state index in [1.807, 2.05) is 0 Å². The van der Waals surface area contributed by atoms with E-state index in [0.29, 0.717) is 11.4 Å². The zero-order chi connectivity index (χ0) is 18.4. The summed E-state index contributed by atoms with van der Waals surface area (Å²) in [5.41, 5.74) is 0.440. The summed E-state index contributed by atoms with van der Waals surface area (Å²) in [5, 5.41) is 16.0. The largest absolute Gasteiger partial charge is 0.467 e. The Morgan fingerprint density at radius 1 is 1.24 bits per heavy atom. The summed E-state index contributed by atoms with van der Waals surface area (Å²) >= 11 is 0. The van der Waals surface area contributed by atoms with Gasteiger partial charge in [0.25, 0.3) is 11.6 Å². The summed E-state index contributed by atoms with van der Waals surface area (Å²) in [6.45, 7) is -0.0451. The van der Waals surface area contributed by atoms with Crippen LogP contribution in [0.3, 0.4) is 0 Å². The number of amides is 2. The van der Waals surface area contributed by atoms with Crippen molar-refractivity contribution >= 4 is 23.2 Å². The maximum absolute atomic E-state index is 12.3. The average molecular weight is 346 g/mol. The fourth-order valence-electron chi connectivity index (χ4n) is 2.13. The highest BCUT2D eigenvalue weighted by Crippen LogP contribution is 2.24. The van der Waals surface area contributed by atoms with E-state index < -0.39 is 16.7 Å². The molecule has 2 rings (SSSR count). The molecule has 0 unspecified atom stereocenters. The summed E-state index contributed by atoms with van der Waals surface area (Å²) in [6.07, 6.45) is 1.49. The molecule has 1 aromatic carbocycles. The highest BCUT2D eigenvalue weighted by molar-refractivity contribution is 6.01. The van der Waals surface area contributed by atoms with Gasteiger partial charge in [-0.05, 0) is 18.2 Å². The molecule has 0 spiro atoms. The van der Waals surface area contributed by atoms with Crippen molar-refractivity contribution in [3.8, 4) is 0 Å². The van der Waals surface area contributed by atoms with Gasteiger partial charge in [0.15, 0.2) is 0 Å². The molecule has 0 fully saturated rings. The van der Waals surface area contributed by atoms with Crippen LogP contribution < -0.4 is 15.5 Å². The topological polar surface area (TPSA) is 118 Å². The number of hydrogen-bond donors (Lipinski definition) is 2. The predicted octanol–water partition coefficient (Wildman–Crippen LogP) is 1.30. The third kappa shape index (κ3) is 4.80. The molecule has 1 aromatic heterocycles. The first-order valence-corrected chi connectivity index (χ1v) is 7.41. The SMILES string of the molecule is CN(C)c1ccc([N+](=O)[O-])cc1C(=O)NCC(=O)NCc1ccco1. The zero-order valence-corrected chi connectivity index (χ0v) is 13.8. The molecule has 2 aromatic rings. The van der Waals surface area contributed by atoms with Crippen molar-refractivity contribution in [1.82, 2.24) is 10.6 Å². The number of non-ortho nitro benzene ring substituents is 1. The van der Waals surface area contributed by atoms with Crippen LogP contribution in [-0.2, 0) is 11.3 Å². The quantitative estimate of drug-likeness (QED) is 0.576. The molecule has 0 saturated heterocycles. The zero-order valence-electron chi connectivity index (χ0n) is 13.8. The van der Waals surface area contributed by atoms with Crippen LogP contribution in [0.1, 0.15) is 16.1 Å². The molecule has 0 saturated carbocycles. The summed E-state index contributed by atoms with van der Waals surface area (Å²) < 4.78 is 5.09. The Bertz CT molecular complexity index is 771. The molecule has 132 valence electrons. The van der Waals surface area contributed by atoms with Gasteiger partial charge in [-0.2, -0.15) is 0 Å². The first-order chi connectivity index (χ1) is 11.9. The molecule has 2 amide bonds. The minimum absolute atomic E-state index is 0.123. The fraction of sp³-hybridized carbons (Fsp3) is 0.250. The molecular weight excluding hydrogens is 328 g/mol. The number of nitro benzene ring substituents is 1. The number of furan rings is 1. The number of anilines is 1. The van der Waals surface area contributed by atoms with Crippen LogP contribution in [0.5, 0.6) is 0 Å². The normalized spacial score (nSPS) is 10.2. The Balaban J connectivity index is 2.00. The van der Waals surface area contributed by atoms with Gasteiger partial charge in [0.1, 0.15) is 5.76 Å². The minimum atomic E-state index is -0.577. The van der Waals surface area contributed by atoms with Crippen LogP contribution in [0.4, 0.5) is 11.4 Å². The lowest BCUT2D eigenvalue weighted by Crippen LogP contribution is -2.37. The van der Waals surface area contributed by atoms with Gasteiger partial charge in [-0.25, -0.2) is 0 Å². The lowest BCUT2D eigenvalue weighted by atomic mass is 10.1. The second kappa shape index (κ2) is 7.95. The molecule has 9 nitrogen and oxygen atoms in total. The van der Waals surface area contributed by atoms with Crippen LogP contribution in [0.2, 0.25) is 0 Å². The van der Waals surface area contributed by atoms with Gasteiger partial charge in [0.05, 0.1) is 29.8 Å². The molecule has 9 heteroatoms. The average Bonchev–Trinajstić information content (AvgIpc) is 3.10. The predicted molar refractivity (Wildman–Crippen MR) is 90.3 cm³/mol. The highest BCUT2D eigenvalue weighted by atomic mass is 16.6. The number of carbonyl (C=O) groups is 2. The van der Waals surface area contributed by atoms with Crippen molar-refractivity contribution in [3.05, 3.63) is 58.0 Å². The first-order valence-electron chi connectivity index (χ1n) is 7.41. The van der Waals surface area contributed by atoms with Gasteiger partial charge in [-0.1, -0.05) is 0 Å². The van der Waals surface area contributed by atoms with Crippen molar-refractivity contribution in [3.63, 3.8) is 0 Å². The number of rotatable bonds is 7. The van der Waals surface area contributed by atoms with Gasteiger partial charge < -0.3 is 20.0 Å². The van der Waals surface area contributed by atoms with E-state index in [9.17, 15) is 19.7 Å². The Kier molecular flexibility index (Phi) is 5.72. The van der Waals surface area contributed by atoms with Gasteiger partial charge in [-0.15, -0.1) is 0 Å². The molecule has 0 aliphatic heterocycles. The van der Waals surface area contributed by atoms with Gasteiger partial charge in [0.2, 0.25) is 5.91 Å². The van der Waals surface area contributed by atoms with Gasteiger partial charge in [0, 0.05) is 31.9 Å².